The molecule has 0 spiro atoms. The lowest BCUT2D eigenvalue weighted by Crippen LogP contribution is -2.38. The molecule has 0 heterocycles. The van der Waals surface area contributed by atoms with Crippen molar-refractivity contribution in [2.24, 2.45) is 0 Å². The minimum atomic E-state index is 0.151. The van der Waals surface area contributed by atoms with E-state index in [1.54, 1.807) is 7.11 Å². The fourth-order valence-corrected chi connectivity index (χ4v) is 2.79. The fourth-order valence-electron chi connectivity index (χ4n) is 2.30. The van der Waals surface area contributed by atoms with E-state index in [4.69, 9.17) is 4.74 Å². The SMILES string of the molecule is COc1cc(CNCC(C)N(C)C2CC2)cc(Br)c1O. The predicted molar refractivity (Wildman–Crippen MR) is 84.3 cm³/mol. The number of aromatic hydroxyl groups is 1. The van der Waals surface area contributed by atoms with Gasteiger partial charge in [-0.3, -0.25) is 4.90 Å². The molecule has 0 aliphatic heterocycles. The maximum Gasteiger partial charge on any atom is 0.172 e. The third-order valence-corrected chi connectivity index (χ3v) is 4.50. The summed E-state index contributed by atoms with van der Waals surface area (Å²) in [6.07, 6.45) is 2.67. The second-order valence-corrected chi connectivity index (χ2v) is 6.36. The minimum Gasteiger partial charge on any atom is -0.503 e. The summed E-state index contributed by atoms with van der Waals surface area (Å²) >= 11 is 3.34. The van der Waals surface area contributed by atoms with Gasteiger partial charge in [-0.1, -0.05) is 0 Å². The normalized spacial score (nSPS) is 16.4. The molecular weight excluding hydrogens is 320 g/mol. The third-order valence-electron chi connectivity index (χ3n) is 3.90. The number of ether oxygens (including phenoxy) is 1. The second kappa shape index (κ2) is 6.78. The highest BCUT2D eigenvalue weighted by atomic mass is 79.9. The summed E-state index contributed by atoms with van der Waals surface area (Å²) in [5.41, 5.74) is 1.09. The lowest BCUT2D eigenvalue weighted by atomic mass is 10.2. The average molecular weight is 343 g/mol. The monoisotopic (exact) mass is 342 g/mol. The first-order valence-electron chi connectivity index (χ1n) is 7.01. The first kappa shape index (κ1) is 15.6. The second-order valence-electron chi connectivity index (χ2n) is 5.51. The zero-order valence-corrected chi connectivity index (χ0v) is 13.9. The molecule has 112 valence electrons. The lowest BCUT2D eigenvalue weighted by Gasteiger charge is -2.24. The van der Waals surface area contributed by atoms with E-state index in [0.29, 0.717) is 16.3 Å². The van der Waals surface area contributed by atoms with E-state index < -0.39 is 0 Å². The van der Waals surface area contributed by atoms with Crippen molar-refractivity contribution < 1.29 is 9.84 Å². The molecule has 4 nitrogen and oxygen atoms in total. The van der Waals surface area contributed by atoms with E-state index >= 15 is 0 Å². The van der Waals surface area contributed by atoms with Crippen LogP contribution in [0, 0.1) is 0 Å². The van der Waals surface area contributed by atoms with E-state index in [1.165, 1.54) is 12.8 Å². The lowest BCUT2D eigenvalue weighted by molar-refractivity contribution is 0.241. The number of likely N-dealkylation sites (N-methyl/N-ethyl adjacent to an activating group) is 1. The Hall–Kier alpha value is -0.780. The fraction of sp³-hybridized carbons (Fsp3) is 0.600. The van der Waals surface area contributed by atoms with Gasteiger partial charge in [0, 0.05) is 25.2 Å². The highest BCUT2D eigenvalue weighted by Gasteiger charge is 2.28. The van der Waals surface area contributed by atoms with Gasteiger partial charge in [-0.05, 0) is 60.4 Å². The van der Waals surface area contributed by atoms with Gasteiger partial charge in [0.15, 0.2) is 11.5 Å². The highest BCUT2D eigenvalue weighted by Crippen LogP contribution is 2.35. The number of rotatable bonds is 7. The Labute approximate surface area is 129 Å². The number of halogens is 1. The van der Waals surface area contributed by atoms with Crippen molar-refractivity contribution in [3.05, 3.63) is 22.2 Å². The quantitative estimate of drug-likeness (QED) is 0.799. The molecule has 1 fully saturated rings. The van der Waals surface area contributed by atoms with E-state index in [1.807, 2.05) is 12.1 Å². The van der Waals surface area contributed by atoms with Crippen molar-refractivity contribution in [1.82, 2.24) is 10.2 Å². The summed E-state index contributed by atoms with van der Waals surface area (Å²) in [5.74, 6) is 0.650. The molecule has 1 aromatic carbocycles. The Bertz CT molecular complexity index is 463. The van der Waals surface area contributed by atoms with Crippen molar-refractivity contribution in [3.63, 3.8) is 0 Å². The van der Waals surface area contributed by atoms with Crippen molar-refractivity contribution in [1.29, 1.82) is 0 Å². The first-order valence-corrected chi connectivity index (χ1v) is 7.80. The summed E-state index contributed by atoms with van der Waals surface area (Å²) in [6, 6.07) is 5.10. The molecule has 0 aromatic heterocycles. The number of nitrogens with one attached hydrogen (secondary N) is 1. The molecule has 1 aromatic rings. The largest absolute Gasteiger partial charge is 0.503 e. The van der Waals surface area contributed by atoms with Crippen LogP contribution in [0.2, 0.25) is 0 Å². The molecule has 2 rings (SSSR count). The van der Waals surface area contributed by atoms with Crippen LogP contribution in [0.25, 0.3) is 0 Å². The standard InChI is InChI=1S/C15H23BrN2O2/c1-10(18(2)12-4-5-12)8-17-9-11-6-13(16)15(19)14(7-11)20-3/h6-7,10,12,17,19H,4-5,8-9H2,1-3H3. The average Bonchev–Trinajstić information content (AvgIpc) is 3.26. The number of nitrogens with zero attached hydrogens (tertiary/aromatic N) is 1. The van der Waals surface area contributed by atoms with Gasteiger partial charge in [0.1, 0.15) is 0 Å². The van der Waals surface area contributed by atoms with Crippen LogP contribution >= 0.6 is 15.9 Å². The number of benzene rings is 1. The van der Waals surface area contributed by atoms with Crippen LogP contribution in [0.4, 0.5) is 0 Å². The topological polar surface area (TPSA) is 44.7 Å². The Morgan fingerprint density at radius 2 is 2.20 bits per heavy atom. The summed E-state index contributed by atoms with van der Waals surface area (Å²) < 4.78 is 5.82. The van der Waals surface area contributed by atoms with Gasteiger partial charge in [-0.2, -0.15) is 0 Å². The molecule has 0 amide bonds. The summed E-state index contributed by atoms with van der Waals surface area (Å²) in [6.45, 7) is 3.96. The Morgan fingerprint density at radius 1 is 1.50 bits per heavy atom. The van der Waals surface area contributed by atoms with Crippen molar-refractivity contribution in [2.75, 3.05) is 20.7 Å². The number of methoxy groups -OCH3 is 1. The molecule has 5 heteroatoms. The third kappa shape index (κ3) is 3.87. The molecule has 20 heavy (non-hydrogen) atoms. The molecule has 2 N–H and O–H groups in total. The van der Waals surface area contributed by atoms with Gasteiger partial charge < -0.3 is 15.2 Å². The first-order chi connectivity index (χ1) is 9.52. The number of phenols is 1. The van der Waals surface area contributed by atoms with Crippen LogP contribution in [-0.4, -0.2) is 42.8 Å². The van der Waals surface area contributed by atoms with Crippen LogP contribution in [0.15, 0.2) is 16.6 Å². The summed E-state index contributed by atoms with van der Waals surface area (Å²) in [4.78, 5) is 2.44. The van der Waals surface area contributed by atoms with Gasteiger partial charge in [0.05, 0.1) is 11.6 Å². The Kier molecular flexibility index (Phi) is 5.29. The van der Waals surface area contributed by atoms with E-state index in [2.05, 4.69) is 40.1 Å². The molecule has 1 atom stereocenters. The van der Waals surface area contributed by atoms with Gasteiger partial charge in [0.25, 0.3) is 0 Å². The molecule has 1 aliphatic carbocycles. The molecule has 0 radical (unpaired) electrons. The number of hydrogen-bond donors (Lipinski definition) is 2. The zero-order chi connectivity index (χ0) is 14.7. The maximum atomic E-state index is 9.78. The van der Waals surface area contributed by atoms with E-state index in [0.717, 1.165) is 24.7 Å². The molecular formula is C15H23BrN2O2. The summed E-state index contributed by atoms with van der Waals surface area (Å²) in [5, 5.41) is 13.2. The number of hydrogen-bond acceptors (Lipinski definition) is 4. The van der Waals surface area contributed by atoms with Crippen molar-refractivity contribution >= 4 is 15.9 Å². The van der Waals surface area contributed by atoms with Gasteiger partial charge in [-0.25, -0.2) is 0 Å². The maximum absolute atomic E-state index is 9.78. The predicted octanol–water partition coefficient (Wildman–Crippen LogP) is 2.74. The molecule has 0 bridgehead atoms. The van der Waals surface area contributed by atoms with Crippen LogP contribution < -0.4 is 10.1 Å². The van der Waals surface area contributed by atoms with Gasteiger partial charge in [0.2, 0.25) is 0 Å². The van der Waals surface area contributed by atoms with Crippen molar-refractivity contribution in [2.45, 2.75) is 38.4 Å². The Morgan fingerprint density at radius 3 is 2.80 bits per heavy atom. The minimum absolute atomic E-state index is 0.151. The van der Waals surface area contributed by atoms with Crippen LogP contribution in [0.3, 0.4) is 0 Å². The van der Waals surface area contributed by atoms with E-state index in [-0.39, 0.29) is 5.75 Å². The number of phenolic OH excluding ortho intramolecular Hbond substituents is 1. The van der Waals surface area contributed by atoms with E-state index in [9.17, 15) is 5.11 Å². The smallest absolute Gasteiger partial charge is 0.172 e. The van der Waals surface area contributed by atoms with Crippen LogP contribution in [-0.2, 0) is 6.54 Å². The Balaban J connectivity index is 1.85. The molecule has 0 saturated heterocycles. The molecule has 1 unspecified atom stereocenters. The summed E-state index contributed by atoms with van der Waals surface area (Å²) in [7, 11) is 3.76. The molecule has 1 saturated carbocycles. The van der Waals surface area contributed by atoms with Crippen LogP contribution in [0.1, 0.15) is 25.3 Å². The zero-order valence-electron chi connectivity index (χ0n) is 12.3. The van der Waals surface area contributed by atoms with Gasteiger partial charge >= 0.3 is 0 Å². The van der Waals surface area contributed by atoms with Crippen molar-refractivity contribution in [3.8, 4) is 11.5 Å². The molecule has 1 aliphatic rings. The highest BCUT2D eigenvalue weighted by molar-refractivity contribution is 9.10. The van der Waals surface area contributed by atoms with Gasteiger partial charge in [-0.15, -0.1) is 0 Å². The van der Waals surface area contributed by atoms with Crippen LogP contribution in [0.5, 0.6) is 11.5 Å².